The topological polar surface area (TPSA) is 63.6 Å². The Hall–Kier alpha value is -2.34. The number of morpholine rings is 1. The number of ether oxygens (including phenoxy) is 1. The number of esters is 1. The average Bonchev–Trinajstić information content (AvgIpc) is 2.90. The summed E-state index contributed by atoms with van der Waals surface area (Å²) in [6.07, 6.45) is 2.07. The highest BCUT2D eigenvalue weighted by atomic mass is 16.6. The normalized spacial score (nSPS) is 20.5. The zero-order valence-corrected chi connectivity index (χ0v) is 15.2. The van der Waals surface area contributed by atoms with Gasteiger partial charge in [-0.3, -0.25) is 14.5 Å². The molecule has 1 aromatic carbocycles. The Morgan fingerprint density at radius 2 is 2.12 bits per heavy atom. The number of amides is 1. The molecule has 3 rings (SSSR count). The van der Waals surface area contributed by atoms with Gasteiger partial charge in [-0.05, 0) is 44.7 Å². The van der Waals surface area contributed by atoms with E-state index in [-0.39, 0.29) is 18.3 Å². The van der Waals surface area contributed by atoms with E-state index >= 15 is 0 Å². The molecule has 1 aliphatic rings. The summed E-state index contributed by atoms with van der Waals surface area (Å²) < 4.78 is 7.49. The van der Waals surface area contributed by atoms with E-state index < -0.39 is 11.6 Å². The molecule has 0 aliphatic carbocycles. The van der Waals surface area contributed by atoms with E-state index in [1.54, 1.807) is 0 Å². The van der Waals surface area contributed by atoms with Gasteiger partial charge in [-0.25, -0.2) is 0 Å². The largest absolute Gasteiger partial charge is 0.457 e. The molecule has 2 aromatic rings. The minimum Gasteiger partial charge on any atom is -0.457 e. The molecule has 134 valence electrons. The third-order valence-electron chi connectivity index (χ3n) is 4.63. The second-order valence-corrected chi connectivity index (χ2v) is 7.21. The number of rotatable bonds is 4. The number of aryl methyl sites for hydroxylation is 1. The number of fused-ring (bicyclic) bond motifs is 1. The van der Waals surface area contributed by atoms with Crippen molar-refractivity contribution in [3.8, 4) is 0 Å². The molecule has 0 spiro atoms. The van der Waals surface area contributed by atoms with E-state index in [1.807, 2.05) is 67.7 Å². The van der Waals surface area contributed by atoms with Crippen LogP contribution in [-0.4, -0.2) is 46.1 Å². The van der Waals surface area contributed by atoms with Crippen LogP contribution in [0.4, 0.5) is 5.69 Å². The zero-order chi connectivity index (χ0) is 18.2. The fourth-order valence-electron chi connectivity index (χ4n) is 3.41. The monoisotopic (exact) mass is 343 g/mol. The lowest BCUT2D eigenvalue weighted by atomic mass is 10.0. The first-order valence-electron chi connectivity index (χ1n) is 8.61. The SMILES string of the molecule is CCN1CC(C)(C)OC(=O)C1CC(=O)Nc1ccc2c(ccn2C)c1. The number of carbonyl (C=O) groups is 2. The molecule has 1 unspecified atom stereocenters. The molecular weight excluding hydrogens is 318 g/mol. The van der Waals surface area contributed by atoms with Gasteiger partial charge in [0.15, 0.2) is 0 Å². The second-order valence-electron chi connectivity index (χ2n) is 7.21. The predicted molar refractivity (Wildman–Crippen MR) is 97.4 cm³/mol. The van der Waals surface area contributed by atoms with E-state index in [4.69, 9.17) is 4.74 Å². The molecular formula is C19H25N3O3. The molecule has 1 aromatic heterocycles. The van der Waals surface area contributed by atoms with Crippen LogP contribution in [0.15, 0.2) is 30.5 Å². The van der Waals surface area contributed by atoms with Gasteiger partial charge < -0.3 is 14.6 Å². The van der Waals surface area contributed by atoms with E-state index in [1.165, 1.54) is 0 Å². The van der Waals surface area contributed by atoms with Crippen molar-refractivity contribution >= 4 is 28.5 Å². The number of nitrogens with one attached hydrogen (secondary N) is 1. The van der Waals surface area contributed by atoms with Gasteiger partial charge in [-0.1, -0.05) is 6.92 Å². The van der Waals surface area contributed by atoms with Crippen LogP contribution >= 0.6 is 0 Å². The van der Waals surface area contributed by atoms with Crippen LogP contribution in [-0.2, 0) is 21.4 Å². The molecule has 0 radical (unpaired) electrons. The smallest absolute Gasteiger partial charge is 0.324 e. The van der Waals surface area contributed by atoms with Gasteiger partial charge in [0.1, 0.15) is 11.6 Å². The second kappa shape index (κ2) is 6.52. The van der Waals surface area contributed by atoms with Gasteiger partial charge in [0.05, 0.1) is 6.42 Å². The summed E-state index contributed by atoms with van der Waals surface area (Å²) in [5, 5.41) is 3.96. The Bertz CT molecular complexity index is 809. The summed E-state index contributed by atoms with van der Waals surface area (Å²) in [5.41, 5.74) is 1.32. The third kappa shape index (κ3) is 3.69. The molecule has 1 fully saturated rings. The molecule has 6 nitrogen and oxygen atoms in total. The van der Waals surface area contributed by atoms with Gasteiger partial charge in [0.25, 0.3) is 0 Å². The summed E-state index contributed by atoms with van der Waals surface area (Å²) in [4.78, 5) is 26.7. The van der Waals surface area contributed by atoms with Crippen molar-refractivity contribution in [3.05, 3.63) is 30.5 Å². The highest BCUT2D eigenvalue weighted by molar-refractivity contribution is 5.96. The Morgan fingerprint density at radius 1 is 1.36 bits per heavy atom. The molecule has 0 saturated carbocycles. The fourth-order valence-corrected chi connectivity index (χ4v) is 3.41. The van der Waals surface area contributed by atoms with Gasteiger partial charge in [-0.2, -0.15) is 0 Å². The minimum atomic E-state index is -0.529. The standard InChI is InChI=1S/C19H25N3O3/c1-5-22-12-19(2,3)25-18(24)16(22)11-17(23)20-14-6-7-15-13(10-14)8-9-21(15)4/h6-10,16H,5,11-12H2,1-4H3,(H,20,23). The van der Waals surface area contributed by atoms with Crippen LogP contribution < -0.4 is 5.32 Å². The molecule has 6 heteroatoms. The van der Waals surface area contributed by atoms with Crippen LogP contribution in [0.1, 0.15) is 27.2 Å². The van der Waals surface area contributed by atoms with Crippen molar-refractivity contribution in [2.75, 3.05) is 18.4 Å². The maximum absolute atomic E-state index is 12.4. The number of hydrogen-bond acceptors (Lipinski definition) is 4. The first-order valence-corrected chi connectivity index (χ1v) is 8.61. The van der Waals surface area contributed by atoms with Gasteiger partial charge in [-0.15, -0.1) is 0 Å². The van der Waals surface area contributed by atoms with Crippen molar-refractivity contribution in [1.82, 2.24) is 9.47 Å². The first-order chi connectivity index (χ1) is 11.8. The lowest BCUT2D eigenvalue weighted by Crippen LogP contribution is -2.57. The molecule has 1 N–H and O–H groups in total. The van der Waals surface area contributed by atoms with Gasteiger partial charge >= 0.3 is 5.97 Å². The van der Waals surface area contributed by atoms with Gasteiger partial charge in [0.2, 0.25) is 5.91 Å². The highest BCUT2D eigenvalue weighted by Gasteiger charge is 2.40. The lowest BCUT2D eigenvalue weighted by Gasteiger charge is -2.41. The number of anilines is 1. The zero-order valence-electron chi connectivity index (χ0n) is 15.2. The Balaban J connectivity index is 1.69. The summed E-state index contributed by atoms with van der Waals surface area (Å²) >= 11 is 0. The van der Waals surface area contributed by atoms with Crippen molar-refractivity contribution in [2.45, 2.75) is 38.8 Å². The van der Waals surface area contributed by atoms with Crippen molar-refractivity contribution in [3.63, 3.8) is 0 Å². The van der Waals surface area contributed by atoms with E-state index in [9.17, 15) is 9.59 Å². The van der Waals surface area contributed by atoms with E-state index in [0.29, 0.717) is 13.1 Å². The number of hydrogen-bond donors (Lipinski definition) is 1. The molecule has 25 heavy (non-hydrogen) atoms. The summed E-state index contributed by atoms with van der Waals surface area (Å²) in [7, 11) is 1.98. The quantitative estimate of drug-likeness (QED) is 0.867. The molecule has 2 heterocycles. The molecule has 1 atom stereocenters. The van der Waals surface area contributed by atoms with Crippen LogP contribution in [0.25, 0.3) is 10.9 Å². The molecule has 1 amide bonds. The Kier molecular flexibility index (Phi) is 4.56. The predicted octanol–water partition coefficient (Wildman–Crippen LogP) is 2.53. The minimum absolute atomic E-state index is 0.0928. The average molecular weight is 343 g/mol. The summed E-state index contributed by atoms with van der Waals surface area (Å²) in [6, 6.07) is 7.26. The number of carbonyl (C=O) groups excluding carboxylic acids is 2. The number of benzene rings is 1. The van der Waals surface area contributed by atoms with Crippen molar-refractivity contribution in [1.29, 1.82) is 0 Å². The number of cyclic esters (lactones) is 1. The maximum Gasteiger partial charge on any atom is 0.324 e. The number of nitrogens with zero attached hydrogens (tertiary/aromatic N) is 2. The first kappa shape index (κ1) is 17.5. The van der Waals surface area contributed by atoms with Crippen molar-refractivity contribution < 1.29 is 14.3 Å². The van der Waals surface area contributed by atoms with Gasteiger partial charge in [0, 0.05) is 36.4 Å². The number of likely N-dealkylation sites (N-methyl/N-ethyl adjacent to an activating group) is 1. The van der Waals surface area contributed by atoms with Crippen LogP contribution in [0.2, 0.25) is 0 Å². The van der Waals surface area contributed by atoms with Crippen LogP contribution in [0.5, 0.6) is 0 Å². The highest BCUT2D eigenvalue weighted by Crippen LogP contribution is 2.24. The number of aromatic nitrogens is 1. The van der Waals surface area contributed by atoms with E-state index in [2.05, 4.69) is 5.32 Å². The molecule has 0 bridgehead atoms. The Morgan fingerprint density at radius 3 is 2.84 bits per heavy atom. The Labute approximate surface area is 147 Å². The fraction of sp³-hybridized carbons (Fsp3) is 0.474. The maximum atomic E-state index is 12.4. The third-order valence-corrected chi connectivity index (χ3v) is 4.63. The van der Waals surface area contributed by atoms with Crippen LogP contribution in [0, 0.1) is 0 Å². The lowest BCUT2D eigenvalue weighted by molar-refractivity contribution is -0.178. The van der Waals surface area contributed by atoms with Crippen LogP contribution in [0.3, 0.4) is 0 Å². The summed E-state index contributed by atoms with van der Waals surface area (Å²) in [6.45, 7) is 7.09. The molecule has 1 aliphatic heterocycles. The summed E-state index contributed by atoms with van der Waals surface area (Å²) in [5.74, 6) is -0.512. The molecule has 1 saturated heterocycles. The van der Waals surface area contributed by atoms with Crippen molar-refractivity contribution in [2.24, 2.45) is 7.05 Å². The van der Waals surface area contributed by atoms with E-state index in [0.717, 1.165) is 16.6 Å².